The fraction of sp³-hybridized carbons (Fsp3) is 0.316. The van der Waals surface area contributed by atoms with Gasteiger partial charge in [-0.1, -0.05) is 17.8 Å². The van der Waals surface area contributed by atoms with Crippen molar-refractivity contribution in [3.05, 3.63) is 48.2 Å². The summed E-state index contributed by atoms with van der Waals surface area (Å²) in [4.78, 5) is 14.1. The molecule has 1 aliphatic rings. The molecular weight excluding hydrogens is 459 g/mol. The molecule has 32 heavy (non-hydrogen) atoms. The van der Waals surface area contributed by atoms with E-state index in [0.29, 0.717) is 22.3 Å². The largest absolute Gasteiger partial charge is 0.469 e. The highest BCUT2D eigenvalue weighted by Crippen LogP contribution is 2.25. The van der Waals surface area contributed by atoms with E-state index < -0.39 is 15.8 Å². The molecule has 0 atom stereocenters. The van der Waals surface area contributed by atoms with Gasteiger partial charge in [-0.2, -0.15) is 4.31 Å². The number of benzene rings is 1. The molecule has 1 saturated heterocycles. The summed E-state index contributed by atoms with van der Waals surface area (Å²) in [6.07, 6.45) is 1.53. The number of hydrogen-bond donors (Lipinski definition) is 1. The van der Waals surface area contributed by atoms with E-state index in [1.807, 2.05) is 0 Å². The van der Waals surface area contributed by atoms with Crippen LogP contribution in [0.25, 0.3) is 11.4 Å². The number of carbonyl (C=O) groups excluding carboxylic acids is 1. The second-order valence-corrected chi connectivity index (χ2v) is 9.98. The second kappa shape index (κ2) is 8.92. The van der Waals surface area contributed by atoms with Crippen molar-refractivity contribution in [2.45, 2.75) is 17.0 Å². The Kier molecular flexibility index (Phi) is 6.22. The minimum Gasteiger partial charge on any atom is -0.469 e. The van der Waals surface area contributed by atoms with Gasteiger partial charge in [0.05, 0.1) is 22.5 Å². The van der Waals surface area contributed by atoms with Gasteiger partial charge in [-0.3, -0.25) is 4.79 Å². The fourth-order valence-corrected chi connectivity index (χ4v) is 5.56. The highest BCUT2D eigenvalue weighted by atomic mass is 32.2. The summed E-state index contributed by atoms with van der Waals surface area (Å²) >= 11 is 1.15. The van der Waals surface area contributed by atoms with Crippen molar-refractivity contribution in [1.29, 1.82) is 0 Å². The molecule has 1 aromatic carbocycles. The van der Waals surface area contributed by atoms with E-state index in [9.17, 15) is 17.6 Å². The Bertz CT molecular complexity index is 1230. The number of aryl methyl sites for hydroxylation is 1. The molecule has 0 spiro atoms. The van der Waals surface area contributed by atoms with Crippen LogP contribution in [0, 0.1) is 12.7 Å². The van der Waals surface area contributed by atoms with Gasteiger partial charge in [-0.25, -0.2) is 17.5 Å². The number of thioether (sulfide) groups is 1. The molecule has 0 unspecified atom stereocenters. The van der Waals surface area contributed by atoms with Crippen LogP contribution in [0.5, 0.6) is 0 Å². The number of rotatable bonds is 6. The number of nitrogens with two attached hydrogens (primary N) is 1. The van der Waals surface area contributed by atoms with Gasteiger partial charge in [0.1, 0.15) is 11.6 Å². The van der Waals surface area contributed by atoms with E-state index in [2.05, 4.69) is 10.2 Å². The Hall–Kier alpha value is -2.90. The van der Waals surface area contributed by atoms with E-state index in [-0.39, 0.29) is 42.7 Å². The minimum atomic E-state index is -3.81. The van der Waals surface area contributed by atoms with Gasteiger partial charge in [-0.05, 0) is 31.2 Å². The van der Waals surface area contributed by atoms with Crippen LogP contribution in [0.3, 0.4) is 0 Å². The van der Waals surface area contributed by atoms with Crippen LogP contribution in [-0.4, -0.2) is 70.3 Å². The van der Waals surface area contributed by atoms with Crippen LogP contribution in [0.1, 0.15) is 5.76 Å². The van der Waals surface area contributed by atoms with Crippen molar-refractivity contribution in [3.8, 4) is 11.4 Å². The number of aromatic nitrogens is 3. The first-order chi connectivity index (χ1) is 15.3. The molecule has 3 aromatic rings. The topological polar surface area (TPSA) is 128 Å². The quantitative estimate of drug-likeness (QED) is 0.413. The second-order valence-electron chi connectivity index (χ2n) is 7.10. The average Bonchev–Trinajstić information content (AvgIpc) is 3.36. The molecule has 10 nitrogen and oxygen atoms in total. The van der Waals surface area contributed by atoms with E-state index in [0.717, 1.165) is 17.8 Å². The summed E-state index contributed by atoms with van der Waals surface area (Å²) in [5.74, 6) is 6.45. The van der Waals surface area contributed by atoms with Crippen LogP contribution in [0.4, 0.5) is 4.39 Å². The fourth-order valence-electron chi connectivity index (χ4n) is 3.35. The number of sulfonamides is 1. The van der Waals surface area contributed by atoms with Crippen molar-refractivity contribution in [2.75, 3.05) is 37.8 Å². The maximum atomic E-state index is 13.4. The molecule has 13 heteroatoms. The lowest BCUT2D eigenvalue weighted by Gasteiger charge is -2.34. The summed E-state index contributed by atoms with van der Waals surface area (Å²) in [7, 11) is -3.81. The van der Waals surface area contributed by atoms with E-state index in [1.54, 1.807) is 17.9 Å². The Morgan fingerprint density at radius 1 is 1.22 bits per heavy atom. The van der Waals surface area contributed by atoms with Crippen LogP contribution in [0.2, 0.25) is 0 Å². The molecule has 3 heterocycles. The average molecular weight is 481 g/mol. The number of nitrogens with zero attached hydrogens (tertiary/aromatic N) is 5. The molecule has 0 aliphatic carbocycles. The number of carbonyl (C=O) groups is 1. The molecule has 0 bridgehead atoms. The van der Waals surface area contributed by atoms with Gasteiger partial charge in [0.25, 0.3) is 0 Å². The van der Waals surface area contributed by atoms with Crippen LogP contribution < -0.4 is 5.84 Å². The number of halogens is 1. The molecule has 1 aliphatic heterocycles. The zero-order valence-corrected chi connectivity index (χ0v) is 18.8. The standard InChI is InChI=1S/C19H21FN6O4S2/c1-13-16(5-10-30-13)18-22-23-19(26(18)21)31-12-17(27)24-6-8-25(9-7-24)32(28,29)15-4-2-3-14(20)11-15/h2-5,10-11H,6-9,12,21H2,1H3. The van der Waals surface area contributed by atoms with E-state index in [1.165, 1.54) is 33.4 Å². The summed E-state index contributed by atoms with van der Waals surface area (Å²) in [5.41, 5.74) is 0.716. The number of piperazine rings is 1. The third-order valence-corrected chi connectivity index (χ3v) is 7.94. The van der Waals surface area contributed by atoms with Crippen LogP contribution in [0.15, 0.2) is 51.1 Å². The number of hydrogen-bond acceptors (Lipinski definition) is 8. The van der Waals surface area contributed by atoms with E-state index >= 15 is 0 Å². The normalized spacial score (nSPS) is 15.2. The smallest absolute Gasteiger partial charge is 0.243 e. The highest BCUT2D eigenvalue weighted by molar-refractivity contribution is 7.99. The van der Waals surface area contributed by atoms with Crippen molar-refractivity contribution in [3.63, 3.8) is 0 Å². The van der Waals surface area contributed by atoms with Gasteiger partial charge in [-0.15, -0.1) is 10.2 Å². The maximum absolute atomic E-state index is 13.4. The lowest BCUT2D eigenvalue weighted by atomic mass is 10.2. The van der Waals surface area contributed by atoms with Crippen molar-refractivity contribution in [1.82, 2.24) is 24.1 Å². The van der Waals surface area contributed by atoms with Gasteiger partial charge in [0.2, 0.25) is 21.1 Å². The Balaban J connectivity index is 1.34. The van der Waals surface area contributed by atoms with Crippen molar-refractivity contribution >= 4 is 27.7 Å². The SMILES string of the molecule is Cc1occc1-c1nnc(SCC(=O)N2CCN(S(=O)(=O)c3cccc(F)c3)CC2)n1N. The van der Waals surface area contributed by atoms with Gasteiger partial charge < -0.3 is 15.2 Å². The number of nitrogen functional groups attached to an aromatic ring is 1. The molecule has 0 radical (unpaired) electrons. The summed E-state index contributed by atoms with van der Waals surface area (Å²) in [6.45, 7) is 2.53. The molecule has 1 amide bonds. The van der Waals surface area contributed by atoms with Crippen LogP contribution >= 0.6 is 11.8 Å². The molecule has 4 rings (SSSR count). The molecule has 2 aromatic heterocycles. The number of furan rings is 1. The summed E-state index contributed by atoms with van der Waals surface area (Å²) < 4.78 is 46.6. The monoisotopic (exact) mass is 480 g/mol. The van der Waals surface area contributed by atoms with Gasteiger partial charge in [0.15, 0.2) is 5.82 Å². The van der Waals surface area contributed by atoms with Gasteiger partial charge >= 0.3 is 0 Å². The molecule has 1 fully saturated rings. The van der Waals surface area contributed by atoms with Gasteiger partial charge in [0, 0.05) is 26.2 Å². The lowest BCUT2D eigenvalue weighted by molar-refractivity contribution is -0.129. The molecule has 2 N–H and O–H groups in total. The van der Waals surface area contributed by atoms with Crippen molar-refractivity contribution < 1.29 is 22.0 Å². The first-order valence-electron chi connectivity index (χ1n) is 9.68. The predicted molar refractivity (Wildman–Crippen MR) is 115 cm³/mol. The Labute approximate surface area is 188 Å². The first-order valence-corrected chi connectivity index (χ1v) is 12.1. The van der Waals surface area contributed by atoms with Crippen LogP contribution in [-0.2, 0) is 14.8 Å². The third kappa shape index (κ3) is 4.36. The predicted octanol–water partition coefficient (Wildman–Crippen LogP) is 1.32. The Morgan fingerprint density at radius 2 is 1.97 bits per heavy atom. The summed E-state index contributed by atoms with van der Waals surface area (Å²) in [5, 5.41) is 8.48. The third-order valence-electron chi connectivity index (χ3n) is 5.11. The zero-order valence-electron chi connectivity index (χ0n) is 17.1. The van der Waals surface area contributed by atoms with E-state index in [4.69, 9.17) is 10.3 Å². The lowest BCUT2D eigenvalue weighted by Crippen LogP contribution is -2.51. The molecule has 170 valence electrons. The minimum absolute atomic E-state index is 0.0797. The first kappa shape index (κ1) is 22.3. The molecule has 0 saturated carbocycles. The maximum Gasteiger partial charge on any atom is 0.243 e. The van der Waals surface area contributed by atoms with Crippen molar-refractivity contribution in [2.24, 2.45) is 0 Å². The molecular formula is C19H21FN6O4S2. The highest BCUT2D eigenvalue weighted by Gasteiger charge is 2.30. The zero-order chi connectivity index (χ0) is 22.9. The Morgan fingerprint density at radius 3 is 2.62 bits per heavy atom. The summed E-state index contributed by atoms with van der Waals surface area (Å²) in [6, 6.07) is 6.63. The number of amides is 1.